The fourth-order valence-electron chi connectivity index (χ4n) is 2.27. The number of hydrogen-bond donors (Lipinski definition) is 2. The van der Waals surface area contributed by atoms with E-state index in [-0.39, 0.29) is 23.4 Å². The van der Waals surface area contributed by atoms with Crippen LogP contribution >= 0.6 is 23.2 Å². The molecule has 1 aromatic rings. The van der Waals surface area contributed by atoms with Crippen molar-refractivity contribution in [3.05, 3.63) is 27.7 Å². The van der Waals surface area contributed by atoms with Gasteiger partial charge in [0.05, 0.1) is 11.6 Å². The lowest BCUT2D eigenvalue weighted by Crippen LogP contribution is -2.31. The number of halogens is 2. The lowest BCUT2D eigenvalue weighted by atomic mass is 10.1. The van der Waals surface area contributed by atoms with Gasteiger partial charge in [-0.3, -0.25) is 4.90 Å². The second-order valence-corrected chi connectivity index (χ2v) is 5.19. The number of aliphatic hydroxyl groups excluding tert-OH is 1. The van der Waals surface area contributed by atoms with E-state index in [1.165, 1.54) is 6.07 Å². The summed E-state index contributed by atoms with van der Waals surface area (Å²) in [6, 6.07) is 3.41. The number of phenols is 1. The van der Waals surface area contributed by atoms with Gasteiger partial charge in [0.15, 0.2) is 0 Å². The van der Waals surface area contributed by atoms with Crippen LogP contribution in [0.1, 0.15) is 18.4 Å². The molecule has 2 rings (SSSR count). The third-order valence-corrected chi connectivity index (χ3v) is 3.70. The number of likely N-dealkylation sites (tertiary alicyclic amines) is 1. The molecule has 0 spiro atoms. The van der Waals surface area contributed by atoms with Gasteiger partial charge in [-0.2, -0.15) is 0 Å². The molecule has 94 valence electrons. The first-order valence-corrected chi connectivity index (χ1v) is 6.39. The molecular weight excluding hydrogens is 261 g/mol. The number of aromatic hydroxyl groups is 1. The highest BCUT2D eigenvalue weighted by Gasteiger charge is 2.24. The first kappa shape index (κ1) is 13.0. The summed E-state index contributed by atoms with van der Waals surface area (Å²) in [4.78, 5) is 2.14. The predicted molar refractivity (Wildman–Crippen MR) is 68.6 cm³/mol. The molecule has 3 nitrogen and oxygen atoms in total. The zero-order valence-corrected chi connectivity index (χ0v) is 10.9. The molecule has 0 saturated carbocycles. The Hall–Kier alpha value is -0.480. The molecule has 1 aliphatic rings. The molecule has 1 saturated heterocycles. The topological polar surface area (TPSA) is 43.7 Å². The molecule has 5 heteroatoms. The van der Waals surface area contributed by atoms with E-state index in [9.17, 15) is 10.2 Å². The van der Waals surface area contributed by atoms with Crippen molar-refractivity contribution in [3.63, 3.8) is 0 Å². The second kappa shape index (κ2) is 5.44. The molecule has 17 heavy (non-hydrogen) atoms. The van der Waals surface area contributed by atoms with Crippen LogP contribution < -0.4 is 0 Å². The van der Waals surface area contributed by atoms with Gasteiger partial charge in [0.25, 0.3) is 0 Å². The summed E-state index contributed by atoms with van der Waals surface area (Å²) in [5.74, 6) is 0.0830. The van der Waals surface area contributed by atoms with Gasteiger partial charge in [0.1, 0.15) is 5.75 Å². The van der Waals surface area contributed by atoms with Crippen molar-refractivity contribution >= 4 is 23.2 Å². The van der Waals surface area contributed by atoms with E-state index in [0.717, 1.165) is 19.4 Å². The Balaban J connectivity index is 2.18. The Labute approximate surface area is 111 Å². The number of rotatable bonds is 3. The molecular formula is C12H15Cl2NO2. The first-order valence-electron chi connectivity index (χ1n) is 5.63. The molecule has 1 heterocycles. The zero-order valence-electron chi connectivity index (χ0n) is 9.37. The van der Waals surface area contributed by atoms with Gasteiger partial charge in [-0.05, 0) is 31.5 Å². The van der Waals surface area contributed by atoms with Crippen molar-refractivity contribution < 1.29 is 10.2 Å². The summed E-state index contributed by atoms with van der Waals surface area (Å²) in [5.41, 5.74) is 0.711. The third-order valence-electron chi connectivity index (χ3n) is 3.19. The summed E-state index contributed by atoms with van der Waals surface area (Å²) >= 11 is 11.8. The van der Waals surface area contributed by atoms with Gasteiger partial charge in [0, 0.05) is 23.2 Å². The van der Waals surface area contributed by atoms with Crippen LogP contribution in [0.5, 0.6) is 5.75 Å². The number of phenolic OH excluding ortho intramolecular Hbond substituents is 1. The van der Waals surface area contributed by atoms with Crippen molar-refractivity contribution in [2.24, 2.45) is 0 Å². The van der Waals surface area contributed by atoms with Gasteiger partial charge >= 0.3 is 0 Å². The SMILES string of the molecule is OC[C@H]1CCCN1Cc1cc(Cl)cc(Cl)c1O. The molecule has 0 aromatic heterocycles. The minimum absolute atomic E-state index is 0.0830. The Kier molecular flexibility index (Phi) is 4.15. The highest BCUT2D eigenvalue weighted by atomic mass is 35.5. The van der Waals surface area contributed by atoms with Crippen molar-refractivity contribution in [1.82, 2.24) is 4.90 Å². The third kappa shape index (κ3) is 2.86. The number of hydrogen-bond acceptors (Lipinski definition) is 3. The van der Waals surface area contributed by atoms with Crippen LogP contribution in [0.25, 0.3) is 0 Å². The van der Waals surface area contributed by atoms with Gasteiger partial charge in [-0.25, -0.2) is 0 Å². The maximum absolute atomic E-state index is 9.86. The van der Waals surface area contributed by atoms with Crippen LogP contribution in [-0.4, -0.2) is 34.3 Å². The van der Waals surface area contributed by atoms with Crippen LogP contribution in [0, 0.1) is 0 Å². The van der Waals surface area contributed by atoms with E-state index in [1.807, 2.05) is 0 Å². The molecule has 1 aliphatic heterocycles. The van der Waals surface area contributed by atoms with Crippen molar-refractivity contribution in [2.75, 3.05) is 13.2 Å². The maximum atomic E-state index is 9.86. The smallest absolute Gasteiger partial charge is 0.138 e. The highest BCUT2D eigenvalue weighted by Crippen LogP contribution is 2.33. The van der Waals surface area contributed by atoms with Crippen LogP contribution in [-0.2, 0) is 6.54 Å². The quantitative estimate of drug-likeness (QED) is 0.892. The van der Waals surface area contributed by atoms with Crippen molar-refractivity contribution in [3.8, 4) is 5.75 Å². The summed E-state index contributed by atoms with van der Waals surface area (Å²) in [7, 11) is 0. The van der Waals surface area contributed by atoms with Gasteiger partial charge < -0.3 is 10.2 Å². The Morgan fingerprint density at radius 3 is 2.82 bits per heavy atom. The molecule has 0 amide bonds. The molecule has 1 atom stereocenters. The monoisotopic (exact) mass is 275 g/mol. The fourth-order valence-corrected chi connectivity index (χ4v) is 2.80. The Morgan fingerprint density at radius 1 is 1.35 bits per heavy atom. The largest absolute Gasteiger partial charge is 0.506 e. The van der Waals surface area contributed by atoms with E-state index < -0.39 is 0 Å². The van der Waals surface area contributed by atoms with E-state index in [2.05, 4.69) is 4.90 Å². The number of benzene rings is 1. The van der Waals surface area contributed by atoms with Gasteiger partial charge in [-0.15, -0.1) is 0 Å². The van der Waals surface area contributed by atoms with Crippen LogP contribution in [0.2, 0.25) is 10.0 Å². The minimum atomic E-state index is 0.0830. The van der Waals surface area contributed by atoms with Crippen LogP contribution in [0.4, 0.5) is 0 Å². The van der Waals surface area contributed by atoms with Crippen molar-refractivity contribution in [1.29, 1.82) is 0 Å². The average Bonchev–Trinajstić information content (AvgIpc) is 2.72. The predicted octanol–water partition coefficient (Wildman–Crippen LogP) is 2.66. The summed E-state index contributed by atoms with van der Waals surface area (Å²) in [5, 5.41) is 19.9. The summed E-state index contributed by atoms with van der Waals surface area (Å²) < 4.78 is 0. The standard InChI is InChI=1S/C12H15Cl2NO2/c13-9-4-8(12(17)11(14)5-9)6-15-3-1-2-10(15)7-16/h4-5,10,16-17H,1-3,6-7H2/t10-/m1/s1. The Bertz CT molecular complexity index is 412. The highest BCUT2D eigenvalue weighted by molar-refractivity contribution is 6.35. The van der Waals surface area contributed by atoms with E-state index >= 15 is 0 Å². The summed E-state index contributed by atoms with van der Waals surface area (Å²) in [6.07, 6.45) is 2.06. The minimum Gasteiger partial charge on any atom is -0.506 e. The maximum Gasteiger partial charge on any atom is 0.138 e. The first-order chi connectivity index (χ1) is 8.11. The van der Waals surface area contributed by atoms with E-state index in [4.69, 9.17) is 23.2 Å². The normalized spacial score (nSPS) is 21.0. The number of aliphatic hydroxyl groups is 1. The van der Waals surface area contributed by atoms with Crippen LogP contribution in [0.3, 0.4) is 0 Å². The molecule has 2 N–H and O–H groups in total. The zero-order chi connectivity index (χ0) is 12.4. The van der Waals surface area contributed by atoms with Gasteiger partial charge in [-0.1, -0.05) is 23.2 Å². The van der Waals surface area contributed by atoms with Crippen molar-refractivity contribution in [2.45, 2.75) is 25.4 Å². The Morgan fingerprint density at radius 2 is 2.12 bits per heavy atom. The van der Waals surface area contributed by atoms with E-state index in [1.54, 1.807) is 6.07 Å². The second-order valence-electron chi connectivity index (χ2n) is 4.34. The van der Waals surface area contributed by atoms with Crippen LogP contribution in [0.15, 0.2) is 12.1 Å². The average molecular weight is 276 g/mol. The van der Waals surface area contributed by atoms with Gasteiger partial charge in [0.2, 0.25) is 0 Å². The molecule has 1 fully saturated rings. The lowest BCUT2D eigenvalue weighted by Gasteiger charge is -2.23. The molecule has 0 bridgehead atoms. The molecule has 0 radical (unpaired) electrons. The molecule has 0 aliphatic carbocycles. The fraction of sp³-hybridized carbons (Fsp3) is 0.500. The molecule has 0 unspecified atom stereocenters. The molecule has 1 aromatic carbocycles. The number of nitrogens with zero attached hydrogens (tertiary/aromatic N) is 1. The van der Waals surface area contributed by atoms with E-state index in [0.29, 0.717) is 17.1 Å². The summed E-state index contributed by atoms with van der Waals surface area (Å²) in [6.45, 7) is 1.64. The lowest BCUT2D eigenvalue weighted by molar-refractivity contribution is 0.152.